The zero-order valence-electron chi connectivity index (χ0n) is 10.0. The van der Waals surface area contributed by atoms with Crippen molar-refractivity contribution >= 4 is 23.2 Å². The Bertz CT molecular complexity index is 384. The summed E-state index contributed by atoms with van der Waals surface area (Å²) >= 11 is 12.0. The molecule has 1 aliphatic rings. The Morgan fingerprint density at radius 3 is 2.35 bits per heavy atom. The summed E-state index contributed by atoms with van der Waals surface area (Å²) in [5.74, 6) is 0. The highest BCUT2D eigenvalue weighted by atomic mass is 35.5. The van der Waals surface area contributed by atoms with Crippen LogP contribution in [0.4, 0.5) is 0 Å². The summed E-state index contributed by atoms with van der Waals surface area (Å²) in [5.41, 5.74) is 7.54. The lowest BCUT2D eigenvalue weighted by atomic mass is 9.70. The molecule has 1 aliphatic carbocycles. The van der Waals surface area contributed by atoms with Crippen molar-refractivity contribution in [3.63, 3.8) is 0 Å². The Labute approximate surface area is 113 Å². The highest BCUT2D eigenvalue weighted by Gasteiger charge is 2.30. The SMILES string of the molecule is NCC1(Cc2ccc(Cl)c(Cl)c2)CCCCC1. The van der Waals surface area contributed by atoms with Crippen molar-refractivity contribution in [3.05, 3.63) is 33.8 Å². The Hall–Kier alpha value is -0.240. The molecule has 0 unspecified atom stereocenters. The summed E-state index contributed by atoms with van der Waals surface area (Å²) in [6.07, 6.45) is 7.47. The fourth-order valence-corrected chi connectivity index (χ4v) is 3.16. The van der Waals surface area contributed by atoms with Crippen molar-refractivity contribution in [1.82, 2.24) is 0 Å². The first-order valence-corrected chi connectivity index (χ1v) is 7.05. The molecule has 1 fully saturated rings. The van der Waals surface area contributed by atoms with Crippen LogP contribution in [0, 0.1) is 5.41 Å². The van der Waals surface area contributed by atoms with Gasteiger partial charge in [0.1, 0.15) is 0 Å². The number of hydrogen-bond acceptors (Lipinski definition) is 1. The van der Waals surface area contributed by atoms with Gasteiger partial charge in [0.25, 0.3) is 0 Å². The third-order valence-electron chi connectivity index (χ3n) is 3.91. The average molecular weight is 272 g/mol. The summed E-state index contributed by atoms with van der Waals surface area (Å²) in [6.45, 7) is 0.771. The maximum Gasteiger partial charge on any atom is 0.0595 e. The summed E-state index contributed by atoms with van der Waals surface area (Å²) in [4.78, 5) is 0. The minimum absolute atomic E-state index is 0.287. The van der Waals surface area contributed by atoms with E-state index in [9.17, 15) is 0 Å². The van der Waals surface area contributed by atoms with Gasteiger partial charge >= 0.3 is 0 Å². The van der Waals surface area contributed by atoms with Gasteiger partial charge in [-0.1, -0.05) is 48.5 Å². The van der Waals surface area contributed by atoms with E-state index >= 15 is 0 Å². The van der Waals surface area contributed by atoms with Crippen molar-refractivity contribution in [3.8, 4) is 0 Å². The molecular weight excluding hydrogens is 253 g/mol. The fraction of sp³-hybridized carbons (Fsp3) is 0.571. The molecule has 0 radical (unpaired) electrons. The summed E-state index contributed by atoms with van der Waals surface area (Å²) in [7, 11) is 0. The van der Waals surface area contributed by atoms with E-state index in [1.54, 1.807) is 0 Å². The van der Waals surface area contributed by atoms with Crippen molar-refractivity contribution < 1.29 is 0 Å². The van der Waals surface area contributed by atoms with Crippen LogP contribution >= 0.6 is 23.2 Å². The van der Waals surface area contributed by atoms with Crippen molar-refractivity contribution in [2.75, 3.05) is 6.54 Å². The highest BCUT2D eigenvalue weighted by molar-refractivity contribution is 6.42. The van der Waals surface area contributed by atoms with Gasteiger partial charge in [-0.2, -0.15) is 0 Å². The van der Waals surface area contributed by atoms with E-state index in [0.29, 0.717) is 10.0 Å². The molecule has 2 N–H and O–H groups in total. The van der Waals surface area contributed by atoms with Crippen LogP contribution < -0.4 is 5.73 Å². The highest BCUT2D eigenvalue weighted by Crippen LogP contribution is 2.39. The first-order valence-electron chi connectivity index (χ1n) is 6.29. The Balaban J connectivity index is 2.14. The van der Waals surface area contributed by atoms with Gasteiger partial charge in [0.05, 0.1) is 10.0 Å². The van der Waals surface area contributed by atoms with Crippen LogP contribution in [-0.2, 0) is 6.42 Å². The molecule has 1 aromatic rings. The number of hydrogen-bond donors (Lipinski definition) is 1. The predicted molar refractivity (Wildman–Crippen MR) is 74.7 cm³/mol. The molecule has 0 amide bonds. The minimum atomic E-state index is 0.287. The summed E-state index contributed by atoms with van der Waals surface area (Å²) in [6, 6.07) is 5.93. The van der Waals surface area contributed by atoms with Crippen LogP contribution in [0.2, 0.25) is 10.0 Å². The maximum absolute atomic E-state index is 6.06. The zero-order valence-corrected chi connectivity index (χ0v) is 11.5. The van der Waals surface area contributed by atoms with E-state index in [-0.39, 0.29) is 5.41 Å². The van der Waals surface area contributed by atoms with Crippen LogP contribution in [0.5, 0.6) is 0 Å². The van der Waals surface area contributed by atoms with E-state index in [2.05, 4.69) is 6.07 Å². The van der Waals surface area contributed by atoms with E-state index in [4.69, 9.17) is 28.9 Å². The van der Waals surface area contributed by atoms with E-state index < -0.39 is 0 Å². The molecule has 94 valence electrons. The largest absolute Gasteiger partial charge is 0.330 e. The normalized spacial score (nSPS) is 19.2. The Kier molecular flexibility index (Phi) is 4.35. The maximum atomic E-state index is 6.06. The van der Waals surface area contributed by atoms with Gasteiger partial charge in [-0.25, -0.2) is 0 Å². The molecule has 1 nitrogen and oxygen atoms in total. The second-order valence-electron chi connectivity index (χ2n) is 5.19. The molecule has 17 heavy (non-hydrogen) atoms. The summed E-state index contributed by atoms with van der Waals surface area (Å²) < 4.78 is 0. The molecule has 0 atom stereocenters. The minimum Gasteiger partial charge on any atom is -0.330 e. The third-order valence-corrected chi connectivity index (χ3v) is 4.65. The van der Waals surface area contributed by atoms with Gasteiger partial charge in [0.2, 0.25) is 0 Å². The molecule has 0 aliphatic heterocycles. The number of nitrogens with two attached hydrogens (primary N) is 1. The molecular formula is C14H19Cl2N. The van der Waals surface area contributed by atoms with E-state index in [1.807, 2.05) is 12.1 Å². The van der Waals surface area contributed by atoms with Crippen molar-refractivity contribution in [2.24, 2.45) is 11.1 Å². The first-order chi connectivity index (χ1) is 8.15. The van der Waals surface area contributed by atoms with Gasteiger partial charge in [-0.05, 0) is 48.9 Å². The summed E-state index contributed by atoms with van der Waals surface area (Å²) in [5, 5.41) is 1.27. The number of halogens is 2. The second-order valence-corrected chi connectivity index (χ2v) is 6.00. The van der Waals surface area contributed by atoms with Crippen molar-refractivity contribution in [2.45, 2.75) is 38.5 Å². The predicted octanol–water partition coefficient (Wildman–Crippen LogP) is 4.45. The lowest BCUT2D eigenvalue weighted by molar-refractivity contribution is 0.197. The smallest absolute Gasteiger partial charge is 0.0595 e. The fourth-order valence-electron chi connectivity index (χ4n) is 2.84. The second kappa shape index (κ2) is 5.60. The molecule has 1 aromatic carbocycles. The molecule has 0 saturated heterocycles. The molecule has 0 bridgehead atoms. The Morgan fingerprint density at radius 1 is 1.06 bits per heavy atom. The van der Waals surface area contributed by atoms with Crippen LogP contribution in [0.15, 0.2) is 18.2 Å². The van der Waals surface area contributed by atoms with Gasteiger partial charge in [0, 0.05) is 0 Å². The number of rotatable bonds is 3. The average Bonchev–Trinajstić information content (AvgIpc) is 2.35. The van der Waals surface area contributed by atoms with Crippen LogP contribution in [0.3, 0.4) is 0 Å². The molecule has 3 heteroatoms. The standard InChI is InChI=1S/C14H19Cl2N/c15-12-5-4-11(8-13(12)16)9-14(10-17)6-2-1-3-7-14/h4-5,8H,1-3,6-7,9-10,17H2. The molecule has 2 rings (SSSR count). The quantitative estimate of drug-likeness (QED) is 0.864. The van der Waals surface area contributed by atoms with E-state index in [1.165, 1.54) is 37.7 Å². The van der Waals surface area contributed by atoms with E-state index in [0.717, 1.165) is 13.0 Å². The van der Waals surface area contributed by atoms with Crippen molar-refractivity contribution in [1.29, 1.82) is 0 Å². The topological polar surface area (TPSA) is 26.0 Å². The monoisotopic (exact) mass is 271 g/mol. The van der Waals surface area contributed by atoms with Gasteiger partial charge in [0.15, 0.2) is 0 Å². The molecule has 1 saturated carbocycles. The third kappa shape index (κ3) is 3.15. The molecule has 0 aromatic heterocycles. The van der Waals surface area contributed by atoms with Crippen LogP contribution in [0.1, 0.15) is 37.7 Å². The lowest BCUT2D eigenvalue weighted by Crippen LogP contribution is -2.34. The number of benzene rings is 1. The zero-order chi connectivity index (χ0) is 12.3. The van der Waals surface area contributed by atoms with Crippen LogP contribution in [-0.4, -0.2) is 6.54 Å². The van der Waals surface area contributed by atoms with Crippen LogP contribution in [0.25, 0.3) is 0 Å². The van der Waals surface area contributed by atoms with Gasteiger partial charge in [-0.3, -0.25) is 0 Å². The van der Waals surface area contributed by atoms with Gasteiger partial charge in [-0.15, -0.1) is 0 Å². The van der Waals surface area contributed by atoms with Gasteiger partial charge < -0.3 is 5.73 Å². The first kappa shape index (κ1) is 13.2. The lowest BCUT2D eigenvalue weighted by Gasteiger charge is -2.36. The molecule has 0 spiro atoms. The molecule has 0 heterocycles. The Morgan fingerprint density at radius 2 is 1.76 bits per heavy atom.